The van der Waals surface area contributed by atoms with Crippen molar-refractivity contribution in [3.63, 3.8) is 0 Å². The van der Waals surface area contributed by atoms with E-state index in [4.69, 9.17) is 11.6 Å². The Morgan fingerprint density at radius 2 is 2.14 bits per heavy atom. The number of nitrogens with one attached hydrogen (secondary N) is 1. The van der Waals surface area contributed by atoms with Gasteiger partial charge in [-0.25, -0.2) is 4.98 Å². The van der Waals surface area contributed by atoms with Crippen LogP contribution in [-0.2, 0) is 12.8 Å². The molecule has 0 aliphatic rings. The molecule has 0 radical (unpaired) electrons. The lowest BCUT2D eigenvalue weighted by molar-refractivity contribution is 0.635. The van der Waals surface area contributed by atoms with E-state index in [1.54, 1.807) is 0 Å². The lowest BCUT2D eigenvalue weighted by atomic mass is 10.1. The summed E-state index contributed by atoms with van der Waals surface area (Å²) >= 11 is 6.03. The molecule has 2 nitrogen and oxygen atoms in total. The maximum atomic E-state index is 6.03. The van der Waals surface area contributed by atoms with Crippen molar-refractivity contribution in [1.29, 1.82) is 0 Å². The molecule has 0 unspecified atom stereocenters. The Balaban J connectivity index is 2.62. The number of halogens is 1. The molecule has 0 atom stereocenters. The maximum absolute atomic E-state index is 6.03. The molecular formula is C11H19ClN2. The number of imidazole rings is 1. The van der Waals surface area contributed by atoms with Gasteiger partial charge in [-0.1, -0.05) is 38.8 Å². The molecule has 1 rings (SSSR count). The molecule has 0 saturated heterocycles. The zero-order chi connectivity index (χ0) is 10.6. The smallest absolute Gasteiger partial charge is 0.150 e. The Morgan fingerprint density at radius 1 is 1.43 bits per heavy atom. The van der Waals surface area contributed by atoms with Crippen molar-refractivity contribution in [1.82, 2.24) is 9.97 Å². The first-order valence-corrected chi connectivity index (χ1v) is 5.74. The molecule has 1 heterocycles. The molecule has 0 aliphatic heterocycles. The van der Waals surface area contributed by atoms with Crippen LogP contribution in [-0.4, -0.2) is 9.97 Å². The van der Waals surface area contributed by atoms with Crippen LogP contribution in [0, 0.1) is 5.92 Å². The molecule has 0 aliphatic carbocycles. The molecule has 0 amide bonds. The minimum absolute atomic E-state index is 0.618. The number of aromatic nitrogens is 2. The fraction of sp³-hybridized carbons (Fsp3) is 0.727. The zero-order valence-electron chi connectivity index (χ0n) is 9.23. The van der Waals surface area contributed by atoms with E-state index in [-0.39, 0.29) is 0 Å². The summed E-state index contributed by atoms with van der Waals surface area (Å²) in [6.07, 6.45) is 4.36. The number of hydrogen-bond donors (Lipinski definition) is 1. The van der Waals surface area contributed by atoms with E-state index in [1.165, 1.54) is 12.8 Å². The first-order valence-electron chi connectivity index (χ1n) is 5.36. The Morgan fingerprint density at radius 3 is 2.71 bits per heavy atom. The third-order valence-corrected chi connectivity index (χ3v) is 2.47. The van der Waals surface area contributed by atoms with Gasteiger partial charge < -0.3 is 4.98 Å². The summed E-state index contributed by atoms with van der Waals surface area (Å²) in [5.74, 6) is 1.65. The number of unbranched alkanes of at least 4 members (excludes halogenated alkanes) is 1. The highest BCUT2D eigenvalue weighted by Gasteiger charge is 2.08. The standard InChI is InChI=1S/C11H19ClN2/c1-4-5-6-10-13-9(7-8(2)3)11(12)14-10/h8H,4-7H2,1-3H3,(H,13,14). The van der Waals surface area contributed by atoms with Gasteiger partial charge in [0.2, 0.25) is 0 Å². The number of hydrogen-bond acceptors (Lipinski definition) is 1. The molecule has 1 aromatic heterocycles. The molecule has 0 bridgehead atoms. The summed E-state index contributed by atoms with van der Waals surface area (Å²) in [7, 11) is 0. The summed E-state index contributed by atoms with van der Waals surface area (Å²) in [6.45, 7) is 6.55. The van der Waals surface area contributed by atoms with Gasteiger partial charge in [0.25, 0.3) is 0 Å². The number of H-pyrrole nitrogens is 1. The van der Waals surface area contributed by atoms with Crippen molar-refractivity contribution in [3.05, 3.63) is 16.7 Å². The average Bonchev–Trinajstić information content (AvgIpc) is 2.43. The summed E-state index contributed by atoms with van der Waals surface area (Å²) in [4.78, 5) is 7.62. The van der Waals surface area contributed by atoms with Gasteiger partial charge in [-0.05, 0) is 18.8 Å². The van der Waals surface area contributed by atoms with Crippen LogP contribution in [0.4, 0.5) is 0 Å². The van der Waals surface area contributed by atoms with Gasteiger partial charge in [0.15, 0.2) is 0 Å². The van der Waals surface area contributed by atoms with Gasteiger partial charge in [-0.3, -0.25) is 0 Å². The Labute approximate surface area is 91.1 Å². The van der Waals surface area contributed by atoms with Crippen molar-refractivity contribution < 1.29 is 0 Å². The summed E-state index contributed by atoms with van der Waals surface area (Å²) < 4.78 is 0. The van der Waals surface area contributed by atoms with Gasteiger partial charge in [-0.15, -0.1) is 0 Å². The van der Waals surface area contributed by atoms with E-state index >= 15 is 0 Å². The van der Waals surface area contributed by atoms with Crippen LogP contribution in [0.1, 0.15) is 45.1 Å². The van der Waals surface area contributed by atoms with Crippen molar-refractivity contribution in [3.8, 4) is 0 Å². The number of rotatable bonds is 5. The first kappa shape index (κ1) is 11.6. The first-order chi connectivity index (χ1) is 6.63. The quantitative estimate of drug-likeness (QED) is 0.797. The van der Waals surface area contributed by atoms with Crippen LogP contribution in [0.5, 0.6) is 0 Å². The van der Waals surface area contributed by atoms with Crippen LogP contribution < -0.4 is 0 Å². The highest BCUT2D eigenvalue weighted by Crippen LogP contribution is 2.17. The highest BCUT2D eigenvalue weighted by atomic mass is 35.5. The van der Waals surface area contributed by atoms with E-state index in [0.717, 1.165) is 24.4 Å². The van der Waals surface area contributed by atoms with Gasteiger partial charge in [0.05, 0.1) is 5.69 Å². The van der Waals surface area contributed by atoms with Gasteiger partial charge in [0, 0.05) is 6.42 Å². The monoisotopic (exact) mass is 214 g/mol. The molecule has 0 spiro atoms. The number of nitrogens with zero attached hydrogens (tertiary/aromatic N) is 1. The van der Waals surface area contributed by atoms with Crippen LogP contribution in [0.25, 0.3) is 0 Å². The second kappa shape index (κ2) is 5.40. The van der Waals surface area contributed by atoms with E-state index in [0.29, 0.717) is 11.1 Å². The van der Waals surface area contributed by atoms with Crippen LogP contribution in [0.2, 0.25) is 5.15 Å². The maximum Gasteiger partial charge on any atom is 0.150 e. The van der Waals surface area contributed by atoms with Gasteiger partial charge in [-0.2, -0.15) is 0 Å². The van der Waals surface area contributed by atoms with Crippen molar-refractivity contribution >= 4 is 11.6 Å². The third kappa shape index (κ3) is 3.33. The topological polar surface area (TPSA) is 28.7 Å². The average molecular weight is 215 g/mol. The van der Waals surface area contributed by atoms with E-state index in [2.05, 4.69) is 30.7 Å². The largest absolute Gasteiger partial charge is 0.345 e. The Bertz CT molecular complexity index is 279. The molecule has 1 aromatic rings. The minimum Gasteiger partial charge on any atom is -0.345 e. The lowest BCUT2D eigenvalue weighted by Crippen LogP contribution is -1.95. The fourth-order valence-corrected chi connectivity index (χ4v) is 1.67. The molecule has 14 heavy (non-hydrogen) atoms. The molecule has 0 fully saturated rings. The van der Waals surface area contributed by atoms with Crippen LogP contribution >= 0.6 is 11.6 Å². The van der Waals surface area contributed by atoms with Crippen molar-refractivity contribution in [2.45, 2.75) is 46.5 Å². The molecule has 0 aromatic carbocycles. The Kier molecular flexibility index (Phi) is 4.46. The normalized spacial score (nSPS) is 11.2. The second-order valence-electron chi connectivity index (χ2n) is 4.15. The molecule has 0 saturated carbocycles. The van der Waals surface area contributed by atoms with Gasteiger partial charge >= 0.3 is 0 Å². The third-order valence-electron chi connectivity index (χ3n) is 2.16. The second-order valence-corrected chi connectivity index (χ2v) is 4.51. The molecule has 80 valence electrons. The van der Waals surface area contributed by atoms with Gasteiger partial charge in [0.1, 0.15) is 11.0 Å². The van der Waals surface area contributed by atoms with E-state index in [1.807, 2.05) is 0 Å². The number of aryl methyl sites for hydroxylation is 1. The van der Waals surface area contributed by atoms with Crippen molar-refractivity contribution in [2.24, 2.45) is 5.92 Å². The minimum atomic E-state index is 0.618. The molecule has 3 heteroatoms. The molecule has 1 N–H and O–H groups in total. The summed E-state index contributed by atoms with van der Waals surface area (Å²) in [5, 5.41) is 0.657. The Hall–Kier alpha value is -0.500. The predicted octanol–water partition coefficient (Wildman–Crippen LogP) is 3.60. The van der Waals surface area contributed by atoms with Crippen molar-refractivity contribution in [2.75, 3.05) is 0 Å². The lowest BCUT2D eigenvalue weighted by Gasteiger charge is -2.01. The summed E-state index contributed by atoms with van der Waals surface area (Å²) in [6, 6.07) is 0. The molecular weight excluding hydrogens is 196 g/mol. The fourth-order valence-electron chi connectivity index (χ4n) is 1.45. The van der Waals surface area contributed by atoms with E-state index < -0.39 is 0 Å². The highest BCUT2D eigenvalue weighted by molar-refractivity contribution is 6.30. The van der Waals surface area contributed by atoms with Crippen LogP contribution in [0.3, 0.4) is 0 Å². The predicted molar refractivity (Wildman–Crippen MR) is 60.8 cm³/mol. The summed E-state index contributed by atoms with van der Waals surface area (Å²) in [5.41, 5.74) is 1.09. The zero-order valence-corrected chi connectivity index (χ0v) is 9.99. The number of aromatic amines is 1. The van der Waals surface area contributed by atoms with E-state index in [9.17, 15) is 0 Å². The SMILES string of the molecule is CCCCc1nc(Cl)c(CC(C)C)[nH]1. The van der Waals surface area contributed by atoms with Crippen LogP contribution in [0.15, 0.2) is 0 Å².